The third kappa shape index (κ3) is 3.42. The van der Waals surface area contributed by atoms with Gasteiger partial charge in [0.2, 0.25) is 0 Å². The molecule has 130 valence electrons. The molecule has 5 nitrogen and oxygen atoms in total. The Bertz CT molecular complexity index is 842. The summed E-state index contributed by atoms with van der Waals surface area (Å²) in [6, 6.07) is 8.14. The quantitative estimate of drug-likeness (QED) is 0.774. The van der Waals surface area contributed by atoms with Crippen LogP contribution in [0.2, 0.25) is 5.02 Å². The lowest BCUT2D eigenvalue weighted by Gasteiger charge is -2.25. The summed E-state index contributed by atoms with van der Waals surface area (Å²) in [7, 11) is -1.26. The minimum Gasteiger partial charge on any atom is -0.495 e. The number of ether oxygens (including phenoxy) is 2. The van der Waals surface area contributed by atoms with Crippen LogP contribution in [0, 0.1) is 5.82 Å². The largest absolute Gasteiger partial charge is 0.495 e. The van der Waals surface area contributed by atoms with Gasteiger partial charge in [0.05, 0.1) is 24.8 Å². The van der Waals surface area contributed by atoms with E-state index < -0.39 is 15.8 Å². The molecule has 0 spiro atoms. The normalized spacial score (nSPS) is 11.2. The van der Waals surface area contributed by atoms with Gasteiger partial charge in [-0.15, -0.1) is 0 Å². The van der Waals surface area contributed by atoms with Crippen LogP contribution < -0.4 is 13.8 Å². The molecule has 0 atom stereocenters. The monoisotopic (exact) mass is 373 g/mol. The minimum atomic E-state index is -4.00. The van der Waals surface area contributed by atoms with Crippen molar-refractivity contribution in [3.63, 3.8) is 0 Å². The van der Waals surface area contributed by atoms with Gasteiger partial charge in [-0.25, -0.2) is 12.8 Å². The van der Waals surface area contributed by atoms with Crippen LogP contribution in [0.3, 0.4) is 0 Å². The summed E-state index contributed by atoms with van der Waals surface area (Å²) in [5.74, 6) is -0.441. The Hall–Kier alpha value is -1.99. The van der Waals surface area contributed by atoms with E-state index in [1.807, 2.05) is 0 Å². The Morgan fingerprint density at radius 1 is 1.08 bits per heavy atom. The van der Waals surface area contributed by atoms with Crippen molar-refractivity contribution in [2.45, 2.75) is 11.8 Å². The molecule has 0 bridgehead atoms. The van der Waals surface area contributed by atoms with Crippen molar-refractivity contribution in [2.75, 3.05) is 25.1 Å². The molecular weight excluding hydrogens is 357 g/mol. The van der Waals surface area contributed by atoms with Gasteiger partial charge in [0, 0.05) is 11.6 Å². The first-order valence-electron chi connectivity index (χ1n) is 7.05. The molecule has 2 aromatic carbocycles. The van der Waals surface area contributed by atoms with Gasteiger partial charge in [-0.3, -0.25) is 4.31 Å². The number of hydrogen-bond acceptors (Lipinski definition) is 4. The molecule has 0 fully saturated rings. The maximum Gasteiger partial charge on any atom is 0.264 e. The van der Waals surface area contributed by atoms with Crippen molar-refractivity contribution in [2.24, 2.45) is 0 Å². The first kappa shape index (κ1) is 18.4. The maximum absolute atomic E-state index is 13.9. The van der Waals surface area contributed by atoms with Gasteiger partial charge in [-0.2, -0.15) is 0 Å². The maximum atomic E-state index is 13.9. The van der Waals surface area contributed by atoms with E-state index in [1.165, 1.54) is 32.4 Å². The summed E-state index contributed by atoms with van der Waals surface area (Å²) in [5, 5.41) is 0.361. The molecule has 0 aromatic heterocycles. The average Bonchev–Trinajstić information content (AvgIpc) is 2.55. The SMILES string of the molecule is CCN(c1cc(Cl)ccc1OC)S(=O)(=O)c1ccc(OC)c(F)c1. The number of sulfonamides is 1. The highest BCUT2D eigenvalue weighted by molar-refractivity contribution is 7.92. The van der Waals surface area contributed by atoms with Gasteiger partial charge in [-0.05, 0) is 43.3 Å². The van der Waals surface area contributed by atoms with Crippen LogP contribution in [0.5, 0.6) is 11.5 Å². The highest BCUT2D eigenvalue weighted by atomic mass is 35.5. The van der Waals surface area contributed by atoms with Crippen LogP contribution in [0.15, 0.2) is 41.3 Å². The fourth-order valence-corrected chi connectivity index (χ4v) is 3.92. The Labute approximate surface area is 145 Å². The lowest BCUT2D eigenvalue weighted by molar-refractivity contribution is 0.385. The van der Waals surface area contributed by atoms with Crippen LogP contribution in [-0.2, 0) is 10.0 Å². The molecule has 8 heteroatoms. The number of halogens is 2. The van der Waals surface area contributed by atoms with Crippen LogP contribution >= 0.6 is 11.6 Å². The second kappa shape index (κ2) is 7.27. The van der Waals surface area contributed by atoms with Crippen molar-refractivity contribution in [3.05, 3.63) is 47.2 Å². The predicted octanol–water partition coefficient (Wildman–Crippen LogP) is 3.71. The number of benzene rings is 2. The van der Waals surface area contributed by atoms with Gasteiger partial charge >= 0.3 is 0 Å². The van der Waals surface area contributed by atoms with E-state index >= 15 is 0 Å². The standard InChI is InChI=1S/C16H17ClFNO4S/c1-4-19(14-9-11(17)5-7-16(14)23-3)24(20,21)12-6-8-15(22-2)13(18)10-12/h5-10H,4H2,1-3H3. The lowest BCUT2D eigenvalue weighted by atomic mass is 10.3. The second-order valence-corrected chi connectivity index (χ2v) is 7.08. The number of hydrogen-bond donors (Lipinski definition) is 0. The van der Waals surface area contributed by atoms with Crippen molar-refractivity contribution < 1.29 is 22.3 Å². The molecule has 0 radical (unpaired) electrons. The highest BCUT2D eigenvalue weighted by Gasteiger charge is 2.27. The van der Waals surface area contributed by atoms with E-state index in [9.17, 15) is 12.8 Å². The van der Waals surface area contributed by atoms with Crippen LogP contribution in [-0.4, -0.2) is 29.2 Å². The molecular formula is C16H17ClFNO4S. The Morgan fingerprint density at radius 3 is 2.25 bits per heavy atom. The van der Waals surface area contributed by atoms with Crippen LogP contribution in [0.25, 0.3) is 0 Å². The Kier molecular flexibility index (Phi) is 5.56. The summed E-state index contributed by atoms with van der Waals surface area (Å²) in [6.07, 6.45) is 0. The Morgan fingerprint density at radius 2 is 1.71 bits per heavy atom. The molecule has 2 rings (SSSR count). The molecule has 0 amide bonds. The number of nitrogens with zero attached hydrogens (tertiary/aromatic N) is 1. The third-order valence-corrected chi connectivity index (χ3v) is 5.53. The van der Waals surface area contributed by atoms with Gasteiger partial charge < -0.3 is 9.47 Å². The zero-order chi connectivity index (χ0) is 17.9. The molecule has 24 heavy (non-hydrogen) atoms. The predicted molar refractivity (Wildman–Crippen MR) is 91.2 cm³/mol. The molecule has 0 aliphatic rings. The van der Waals surface area contributed by atoms with Crippen molar-refractivity contribution in [3.8, 4) is 11.5 Å². The fraction of sp³-hybridized carbons (Fsp3) is 0.250. The summed E-state index contributed by atoms with van der Waals surface area (Å²) < 4.78 is 50.9. The van der Waals surface area contributed by atoms with E-state index in [1.54, 1.807) is 19.1 Å². The van der Waals surface area contributed by atoms with E-state index in [0.717, 1.165) is 10.4 Å². The number of anilines is 1. The minimum absolute atomic E-state index is 0.0302. The number of methoxy groups -OCH3 is 2. The van der Waals surface area contributed by atoms with Gasteiger partial charge in [-0.1, -0.05) is 11.6 Å². The fourth-order valence-electron chi connectivity index (χ4n) is 2.26. The van der Waals surface area contributed by atoms with Crippen LogP contribution in [0.4, 0.5) is 10.1 Å². The molecule has 0 aliphatic carbocycles. The first-order chi connectivity index (χ1) is 11.3. The molecule has 0 heterocycles. The lowest BCUT2D eigenvalue weighted by Crippen LogP contribution is -2.31. The third-order valence-electron chi connectivity index (χ3n) is 3.41. The summed E-state index contributed by atoms with van der Waals surface area (Å²) in [6.45, 7) is 1.78. The molecule has 2 aromatic rings. The zero-order valence-corrected chi connectivity index (χ0v) is 15.0. The number of rotatable bonds is 6. The molecule has 0 unspecified atom stereocenters. The molecule has 0 aliphatic heterocycles. The van der Waals surface area contributed by atoms with Crippen molar-refractivity contribution >= 4 is 27.3 Å². The first-order valence-corrected chi connectivity index (χ1v) is 8.86. The Balaban J connectivity index is 2.57. The van der Waals surface area contributed by atoms with Gasteiger partial charge in [0.1, 0.15) is 5.75 Å². The molecule has 0 saturated carbocycles. The van der Waals surface area contributed by atoms with Crippen molar-refractivity contribution in [1.82, 2.24) is 0 Å². The zero-order valence-electron chi connectivity index (χ0n) is 13.4. The molecule has 0 saturated heterocycles. The topological polar surface area (TPSA) is 55.8 Å². The second-order valence-electron chi connectivity index (χ2n) is 4.78. The smallest absolute Gasteiger partial charge is 0.264 e. The van der Waals surface area contributed by atoms with Crippen LogP contribution in [0.1, 0.15) is 6.92 Å². The highest BCUT2D eigenvalue weighted by Crippen LogP contribution is 2.35. The van der Waals surface area contributed by atoms with Gasteiger partial charge in [0.15, 0.2) is 11.6 Å². The van der Waals surface area contributed by atoms with E-state index in [4.69, 9.17) is 21.1 Å². The van der Waals surface area contributed by atoms with Gasteiger partial charge in [0.25, 0.3) is 10.0 Å². The summed E-state index contributed by atoms with van der Waals surface area (Å²) in [4.78, 5) is -0.190. The summed E-state index contributed by atoms with van der Waals surface area (Å²) in [5.41, 5.74) is 0.281. The van der Waals surface area contributed by atoms with E-state index in [0.29, 0.717) is 10.8 Å². The molecule has 0 N–H and O–H groups in total. The summed E-state index contributed by atoms with van der Waals surface area (Å²) >= 11 is 5.98. The van der Waals surface area contributed by atoms with E-state index in [2.05, 4.69) is 0 Å². The van der Waals surface area contributed by atoms with Crippen molar-refractivity contribution in [1.29, 1.82) is 0 Å². The van der Waals surface area contributed by atoms with E-state index in [-0.39, 0.29) is 22.9 Å². The average molecular weight is 374 g/mol.